The van der Waals surface area contributed by atoms with Gasteiger partial charge in [-0.1, -0.05) is 78.9 Å². The van der Waals surface area contributed by atoms with E-state index in [1.165, 1.54) is 0 Å². The molecule has 4 heteroatoms. The summed E-state index contributed by atoms with van der Waals surface area (Å²) in [4.78, 5) is 19.7. The first-order chi connectivity index (χ1) is 13.8. The van der Waals surface area contributed by atoms with E-state index in [-0.39, 0.29) is 11.8 Å². The van der Waals surface area contributed by atoms with Crippen molar-refractivity contribution in [2.45, 2.75) is 4.75 Å². The van der Waals surface area contributed by atoms with Crippen molar-refractivity contribution in [3.63, 3.8) is 0 Å². The molecule has 134 valence electrons. The van der Waals surface area contributed by atoms with E-state index >= 15 is 0 Å². The number of aromatic nitrogens is 2. The number of nitrogens with zero attached hydrogens (tertiary/aromatic N) is 2. The standard InChI is InChI=1S/C24H16N2OS/c27-22-18-15-21(16-9-3-1-4-10-16)28-24(18,17-11-5-2-6-12-17)23-25-19-13-7-8-14-20(19)26(22)23/h1-15,18H. The van der Waals surface area contributed by atoms with Gasteiger partial charge in [-0.05, 0) is 23.3 Å². The first-order valence-corrected chi connectivity index (χ1v) is 10.1. The minimum atomic E-state index is -0.525. The van der Waals surface area contributed by atoms with E-state index < -0.39 is 4.75 Å². The highest BCUT2D eigenvalue weighted by Gasteiger charge is 2.59. The number of hydrogen-bond acceptors (Lipinski definition) is 3. The third-order valence-electron chi connectivity index (χ3n) is 5.67. The fraction of sp³-hybridized carbons (Fsp3) is 0.0833. The first-order valence-electron chi connectivity index (χ1n) is 9.33. The normalized spacial score (nSPS) is 22.9. The summed E-state index contributed by atoms with van der Waals surface area (Å²) in [5.74, 6) is 0.676. The van der Waals surface area contributed by atoms with E-state index in [1.807, 2.05) is 65.2 Å². The molecule has 4 aromatic rings. The van der Waals surface area contributed by atoms with Crippen LogP contribution in [-0.4, -0.2) is 15.5 Å². The molecule has 0 bridgehead atoms. The summed E-state index contributed by atoms with van der Waals surface area (Å²) in [6, 6.07) is 28.5. The molecule has 3 heterocycles. The molecule has 3 nitrogen and oxygen atoms in total. The lowest BCUT2D eigenvalue weighted by molar-refractivity contribution is 0.0886. The molecule has 2 atom stereocenters. The fourth-order valence-electron chi connectivity index (χ4n) is 4.42. The highest BCUT2D eigenvalue weighted by Crippen LogP contribution is 2.62. The molecule has 0 radical (unpaired) electrons. The number of fused-ring (bicyclic) bond motifs is 5. The Morgan fingerprint density at radius 1 is 0.857 bits per heavy atom. The van der Waals surface area contributed by atoms with Gasteiger partial charge < -0.3 is 0 Å². The maximum absolute atomic E-state index is 13.6. The first kappa shape index (κ1) is 15.9. The van der Waals surface area contributed by atoms with Crippen LogP contribution in [0.1, 0.15) is 21.7 Å². The van der Waals surface area contributed by atoms with Crippen molar-refractivity contribution in [2.75, 3.05) is 0 Å². The van der Waals surface area contributed by atoms with Gasteiger partial charge in [-0.3, -0.25) is 9.36 Å². The summed E-state index contributed by atoms with van der Waals surface area (Å²) in [5.41, 5.74) is 4.03. The Hall–Kier alpha value is -3.11. The molecule has 1 aromatic heterocycles. The zero-order valence-electron chi connectivity index (χ0n) is 14.9. The number of thioether (sulfide) groups is 1. The van der Waals surface area contributed by atoms with Crippen LogP contribution in [0.2, 0.25) is 0 Å². The van der Waals surface area contributed by atoms with Crippen LogP contribution < -0.4 is 0 Å². The molecule has 0 amide bonds. The summed E-state index contributed by atoms with van der Waals surface area (Å²) in [6.07, 6.45) is 2.14. The van der Waals surface area contributed by atoms with Crippen LogP contribution in [0.15, 0.2) is 91.0 Å². The van der Waals surface area contributed by atoms with Gasteiger partial charge >= 0.3 is 0 Å². The Balaban J connectivity index is 1.63. The maximum atomic E-state index is 13.6. The van der Waals surface area contributed by atoms with E-state index in [4.69, 9.17) is 4.98 Å². The molecule has 0 fully saturated rings. The quantitative estimate of drug-likeness (QED) is 0.471. The van der Waals surface area contributed by atoms with Gasteiger partial charge in [0, 0.05) is 4.91 Å². The zero-order valence-corrected chi connectivity index (χ0v) is 15.8. The van der Waals surface area contributed by atoms with Crippen molar-refractivity contribution in [1.82, 2.24) is 9.55 Å². The molecular weight excluding hydrogens is 364 g/mol. The second-order valence-corrected chi connectivity index (χ2v) is 8.46. The van der Waals surface area contributed by atoms with Gasteiger partial charge in [0.25, 0.3) is 0 Å². The van der Waals surface area contributed by atoms with Gasteiger partial charge in [0.1, 0.15) is 10.6 Å². The smallest absolute Gasteiger partial charge is 0.241 e. The van der Waals surface area contributed by atoms with E-state index in [1.54, 1.807) is 11.8 Å². The van der Waals surface area contributed by atoms with E-state index in [2.05, 4.69) is 30.3 Å². The second kappa shape index (κ2) is 5.69. The van der Waals surface area contributed by atoms with Gasteiger partial charge in [0.15, 0.2) is 0 Å². The van der Waals surface area contributed by atoms with E-state index in [9.17, 15) is 4.79 Å². The molecule has 2 aliphatic heterocycles. The van der Waals surface area contributed by atoms with Crippen LogP contribution in [0.3, 0.4) is 0 Å². The highest BCUT2D eigenvalue weighted by atomic mass is 32.2. The zero-order chi connectivity index (χ0) is 18.7. The second-order valence-electron chi connectivity index (χ2n) is 7.18. The Labute approximate surface area is 166 Å². The van der Waals surface area contributed by atoms with Crippen molar-refractivity contribution < 1.29 is 4.79 Å². The molecule has 2 aliphatic rings. The van der Waals surface area contributed by atoms with Crippen molar-refractivity contribution in [3.8, 4) is 0 Å². The van der Waals surface area contributed by atoms with E-state index in [0.29, 0.717) is 0 Å². The van der Waals surface area contributed by atoms with Crippen LogP contribution in [0.25, 0.3) is 15.9 Å². The SMILES string of the molecule is O=C1C2C=C(c3ccccc3)SC2(c2ccccc2)c2nc3ccccc3n21. The van der Waals surface area contributed by atoms with Gasteiger partial charge in [-0.15, -0.1) is 11.8 Å². The molecule has 0 N–H and O–H groups in total. The summed E-state index contributed by atoms with van der Waals surface area (Å²) >= 11 is 1.75. The van der Waals surface area contributed by atoms with Crippen LogP contribution in [0.4, 0.5) is 0 Å². The molecule has 6 rings (SSSR count). The molecule has 3 aromatic carbocycles. The van der Waals surface area contributed by atoms with Crippen molar-refractivity contribution in [3.05, 3.63) is 108 Å². The van der Waals surface area contributed by atoms with Crippen LogP contribution in [0.5, 0.6) is 0 Å². The van der Waals surface area contributed by atoms with E-state index in [0.717, 1.165) is 32.9 Å². The number of carbonyl (C=O) groups is 1. The number of carbonyl (C=O) groups excluding carboxylic acids is 1. The summed E-state index contributed by atoms with van der Waals surface area (Å²) in [7, 11) is 0. The predicted octanol–water partition coefficient (Wildman–Crippen LogP) is 5.34. The minimum absolute atomic E-state index is 0.103. The number of para-hydroxylation sites is 2. The number of benzene rings is 3. The van der Waals surface area contributed by atoms with Crippen LogP contribution in [0, 0.1) is 5.92 Å². The van der Waals surface area contributed by atoms with Crippen LogP contribution >= 0.6 is 11.8 Å². The van der Waals surface area contributed by atoms with Gasteiger partial charge in [-0.2, -0.15) is 0 Å². The third kappa shape index (κ3) is 1.96. The predicted molar refractivity (Wildman–Crippen MR) is 113 cm³/mol. The van der Waals surface area contributed by atoms with Gasteiger partial charge in [-0.25, -0.2) is 4.98 Å². The number of hydrogen-bond donors (Lipinski definition) is 0. The highest BCUT2D eigenvalue weighted by molar-refractivity contribution is 8.09. The minimum Gasteiger partial charge on any atom is -0.273 e. The average molecular weight is 380 g/mol. The largest absolute Gasteiger partial charge is 0.273 e. The van der Waals surface area contributed by atoms with Crippen molar-refractivity contribution >= 4 is 33.6 Å². The molecular formula is C24H16N2OS. The number of allylic oxidation sites excluding steroid dienone is 1. The molecule has 0 aliphatic carbocycles. The molecule has 2 unspecified atom stereocenters. The topological polar surface area (TPSA) is 34.9 Å². The Kier molecular flexibility index (Phi) is 3.23. The molecule has 28 heavy (non-hydrogen) atoms. The van der Waals surface area contributed by atoms with Gasteiger partial charge in [0.2, 0.25) is 5.91 Å². The summed E-state index contributed by atoms with van der Waals surface area (Å²) < 4.78 is 1.31. The lowest BCUT2D eigenvalue weighted by Gasteiger charge is -2.27. The van der Waals surface area contributed by atoms with Gasteiger partial charge in [0.05, 0.1) is 17.0 Å². The average Bonchev–Trinajstić information content (AvgIpc) is 3.40. The molecule has 0 spiro atoms. The summed E-state index contributed by atoms with van der Waals surface area (Å²) in [5, 5.41) is 0. The Morgan fingerprint density at radius 2 is 1.54 bits per heavy atom. The summed E-state index contributed by atoms with van der Waals surface area (Å²) in [6.45, 7) is 0. The lowest BCUT2D eigenvalue weighted by atomic mass is 9.86. The maximum Gasteiger partial charge on any atom is 0.241 e. The third-order valence-corrected chi connectivity index (χ3v) is 7.25. The number of rotatable bonds is 2. The Morgan fingerprint density at radius 3 is 2.32 bits per heavy atom. The van der Waals surface area contributed by atoms with Crippen LogP contribution in [-0.2, 0) is 4.75 Å². The monoisotopic (exact) mass is 380 g/mol. The number of imidazole rings is 1. The van der Waals surface area contributed by atoms with Crippen molar-refractivity contribution in [1.29, 1.82) is 0 Å². The molecule has 0 saturated heterocycles. The Bertz CT molecular complexity index is 1260. The lowest BCUT2D eigenvalue weighted by Crippen LogP contribution is -2.28. The fourth-order valence-corrected chi connectivity index (χ4v) is 6.00. The molecule has 0 saturated carbocycles. The van der Waals surface area contributed by atoms with Crippen molar-refractivity contribution in [2.24, 2.45) is 5.92 Å².